The summed E-state index contributed by atoms with van der Waals surface area (Å²) in [7, 11) is 0. The van der Waals surface area contributed by atoms with E-state index in [-0.39, 0.29) is 12.4 Å². The lowest BCUT2D eigenvalue weighted by Gasteiger charge is -2.32. The van der Waals surface area contributed by atoms with Crippen LogP contribution in [-0.4, -0.2) is 35.6 Å². The van der Waals surface area contributed by atoms with E-state index in [4.69, 9.17) is 16.6 Å². The molecule has 1 saturated heterocycles. The number of fused-ring (bicyclic) bond motifs is 4. The van der Waals surface area contributed by atoms with E-state index in [0.29, 0.717) is 5.02 Å². The van der Waals surface area contributed by atoms with Gasteiger partial charge in [0, 0.05) is 26.2 Å². The number of imidazole rings is 1. The van der Waals surface area contributed by atoms with E-state index in [1.54, 1.807) is 0 Å². The van der Waals surface area contributed by atoms with Crippen molar-refractivity contribution in [2.75, 3.05) is 31.1 Å². The Morgan fingerprint density at radius 3 is 2.69 bits per heavy atom. The average molecular weight is 388 g/mol. The highest BCUT2D eigenvalue weighted by molar-refractivity contribution is 6.35. The quantitative estimate of drug-likeness (QED) is 0.695. The molecule has 1 fully saturated rings. The van der Waals surface area contributed by atoms with Gasteiger partial charge in [0.05, 0.1) is 16.1 Å². The fraction of sp³-hybridized carbons (Fsp3) is 0.368. The van der Waals surface area contributed by atoms with Crippen LogP contribution < -0.4 is 10.2 Å². The molecule has 0 radical (unpaired) electrons. The van der Waals surface area contributed by atoms with Crippen LogP contribution in [0.5, 0.6) is 0 Å². The number of hydrogen-bond donors (Lipinski definition) is 1. The molecule has 0 amide bonds. The number of nitriles is 1. The van der Waals surface area contributed by atoms with Crippen molar-refractivity contribution in [1.29, 1.82) is 5.26 Å². The lowest BCUT2D eigenvalue weighted by molar-refractivity contribution is 0.582. The third kappa shape index (κ3) is 2.37. The van der Waals surface area contributed by atoms with Gasteiger partial charge in [-0.15, -0.1) is 12.4 Å². The number of halogens is 2. The highest BCUT2D eigenvalue weighted by atomic mass is 35.5. The minimum absolute atomic E-state index is 0. The van der Waals surface area contributed by atoms with Gasteiger partial charge >= 0.3 is 0 Å². The molecule has 2 aromatic heterocycles. The molecule has 1 aromatic carbocycles. The Morgan fingerprint density at radius 1 is 1.15 bits per heavy atom. The number of pyridine rings is 1. The van der Waals surface area contributed by atoms with E-state index in [0.717, 1.165) is 67.7 Å². The summed E-state index contributed by atoms with van der Waals surface area (Å²) < 4.78 is 2.18. The number of nitrogens with one attached hydrogen (secondary N) is 1. The minimum atomic E-state index is 0. The van der Waals surface area contributed by atoms with Crippen molar-refractivity contribution in [2.24, 2.45) is 0 Å². The van der Waals surface area contributed by atoms with Gasteiger partial charge in [-0.3, -0.25) is 4.40 Å². The van der Waals surface area contributed by atoms with E-state index in [1.807, 2.05) is 12.1 Å². The molecule has 2 aliphatic rings. The molecule has 1 N–H and O–H groups in total. The van der Waals surface area contributed by atoms with Crippen molar-refractivity contribution >= 4 is 46.5 Å². The number of nitrogens with zero attached hydrogens (tertiary/aromatic N) is 4. The van der Waals surface area contributed by atoms with E-state index in [2.05, 4.69) is 26.8 Å². The van der Waals surface area contributed by atoms with Gasteiger partial charge in [-0.1, -0.05) is 17.7 Å². The average Bonchev–Trinajstić information content (AvgIpc) is 3.26. The zero-order valence-corrected chi connectivity index (χ0v) is 15.8. The maximum atomic E-state index is 9.84. The predicted molar refractivity (Wildman–Crippen MR) is 107 cm³/mol. The summed E-state index contributed by atoms with van der Waals surface area (Å²) in [5.41, 5.74) is 5.75. The SMILES string of the molecule is Cl.N#Cc1c2c(c(N3CCNCC3)n3c1nc1c(Cl)cccc13)CCC2. The number of anilines is 1. The van der Waals surface area contributed by atoms with Gasteiger partial charge in [-0.25, -0.2) is 4.98 Å². The second-order valence-corrected chi connectivity index (χ2v) is 7.14. The Morgan fingerprint density at radius 2 is 1.92 bits per heavy atom. The van der Waals surface area contributed by atoms with E-state index in [9.17, 15) is 5.26 Å². The third-order valence-electron chi connectivity index (χ3n) is 5.39. The zero-order chi connectivity index (χ0) is 17.0. The van der Waals surface area contributed by atoms with Crippen LogP contribution in [0, 0.1) is 11.3 Å². The maximum Gasteiger partial charge on any atom is 0.157 e. The Bertz CT molecular complexity index is 1040. The van der Waals surface area contributed by atoms with Crippen LogP contribution in [0.15, 0.2) is 18.2 Å². The van der Waals surface area contributed by atoms with Crippen LogP contribution in [0.1, 0.15) is 23.1 Å². The van der Waals surface area contributed by atoms with Crippen molar-refractivity contribution in [3.8, 4) is 6.07 Å². The van der Waals surface area contributed by atoms with E-state index < -0.39 is 0 Å². The molecule has 5 nitrogen and oxygen atoms in total. The minimum Gasteiger partial charge on any atom is -0.355 e. The molecule has 1 aliphatic carbocycles. The smallest absolute Gasteiger partial charge is 0.157 e. The van der Waals surface area contributed by atoms with Crippen LogP contribution in [0.25, 0.3) is 16.7 Å². The van der Waals surface area contributed by atoms with Gasteiger partial charge in [-0.2, -0.15) is 5.26 Å². The molecule has 0 atom stereocenters. The largest absolute Gasteiger partial charge is 0.355 e. The van der Waals surface area contributed by atoms with Crippen LogP contribution in [-0.2, 0) is 12.8 Å². The number of benzene rings is 1. The molecule has 5 rings (SSSR count). The van der Waals surface area contributed by atoms with Gasteiger partial charge in [0.1, 0.15) is 17.4 Å². The molecule has 0 bridgehead atoms. The molecule has 0 saturated carbocycles. The fourth-order valence-corrected chi connectivity index (χ4v) is 4.52. The highest BCUT2D eigenvalue weighted by Gasteiger charge is 2.29. The molecular formula is C19H19Cl2N5. The zero-order valence-electron chi connectivity index (χ0n) is 14.3. The second-order valence-electron chi connectivity index (χ2n) is 6.74. The third-order valence-corrected chi connectivity index (χ3v) is 5.69. The van der Waals surface area contributed by atoms with Gasteiger partial charge in [0.15, 0.2) is 5.65 Å². The molecule has 134 valence electrons. The van der Waals surface area contributed by atoms with Crippen LogP contribution in [0.3, 0.4) is 0 Å². The summed E-state index contributed by atoms with van der Waals surface area (Å²) in [6.45, 7) is 3.88. The summed E-state index contributed by atoms with van der Waals surface area (Å²) in [4.78, 5) is 7.23. The lowest BCUT2D eigenvalue weighted by atomic mass is 10.0. The van der Waals surface area contributed by atoms with Crippen molar-refractivity contribution in [3.63, 3.8) is 0 Å². The van der Waals surface area contributed by atoms with Crippen molar-refractivity contribution in [1.82, 2.24) is 14.7 Å². The Labute approximate surface area is 163 Å². The first-order chi connectivity index (χ1) is 12.3. The predicted octanol–water partition coefficient (Wildman–Crippen LogP) is 3.33. The summed E-state index contributed by atoms with van der Waals surface area (Å²) in [5, 5.41) is 13.9. The molecule has 1 aliphatic heterocycles. The highest BCUT2D eigenvalue weighted by Crippen LogP contribution is 2.39. The normalized spacial score (nSPS) is 16.5. The number of aromatic nitrogens is 2. The molecule has 3 aromatic rings. The first-order valence-corrected chi connectivity index (χ1v) is 9.17. The topological polar surface area (TPSA) is 56.4 Å². The molecule has 0 spiro atoms. The van der Waals surface area contributed by atoms with Crippen LogP contribution >= 0.6 is 24.0 Å². The first-order valence-electron chi connectivity index (χ1n) is 8.79. The maximum absolute atomic E-state index is 9.84. The number of para-hydroxylation sites is 1. The van der Waals surface area contributed by atoms with Gasteiger partial charge in [0.25, 0.3) is 0 Å². The number of hydrogen-bond acceptors (Lipinski definition) is 4. The van der Waals surface area contributed by atoms with Crippen molar-refractivity contribution < 1.29 is 0 Å². The monoisotopic (exact) mass is 387 g/mol. The summed E-state index contributed by atoms with van der Waals surface area (Å²) in [6.07, 6.45) is 3.10. The summed E-state index contributed by atoms with van der Waals surface area (Å²) in [5.74, 6) is 1.22. The summed E-state index contributed by atoms with van der Waals surface area (Å²) >= 11 is 6.41. The Kier molecular flexibility index (Phi) is 4.44. The van der Waals surface area contributed by atoms with E-state index in [1.165, 1.54) is 16.9 Å². The van der Waals surface area contributed by atoms with E-state index >= 15 is 0 Å². The molecule has 0 unspecified atom stereocenters. The molecular weight excluding hydrogens is 369 g/mol. The standard InChI is InChI=1S/C19H18ClN5.ClH/c20-15-5-2-6-16-17(15)23-18-14(11-21)12-3-1-4-13(12)19(25(16)18)24-9-7-22-8-10-24;/h2,5-6,22H,1,3-4,7-10H2;1H. The van der Waals surface area contributed by atoms with Gasteiger partial charge in [0.2, 0.25) is 0 Å². The van der Waals surface area contributed by atoms with Crippen LogP contribution in [0.4, 0.5) is 5.82 Å². The van der Waals surface area contributed by atoms with Crippen molar-refractivity contribution in [2.45, 2.75) is 19.3 Å². The first kappa shape index (κ1) is 17.4. The van der Waals surface area contributed by atoms with Crippen molar-refractivity contribution in [3.05, 3.63) is 39.9 Å². The molecule has 26 heavy (non-hydrogen) atoms. The fourth-order valence-electron chi connectivity index (χ4n) is 4.31. The number of rotatable bonds is 1. The van der Waals surface area contributed by atoms with Gasteiger partial charge in [-0.05, 0) is 42.5 Å². The molecule has 3 heterocycles. The lowest BCUT2D eigenvalue weighted by Crippen LogP contribution is -2.44. The Balaban J connectivity index is 0.00000168. The number of piperazine rings is 1. The second kappa shape index (κ2) is 6.62. The summed E-state index contributed by atoms with van der Waals surface area (Å²) in [6, 6.07) is 8.29. The Hall–Kier alpha value is -2.00. The van der Waals surface area contributed by atoms with Gasteiger partial charge < -0.3 is 10.2 Å². The van der Waals surface area contributed by atoms with Crippen LogP contribution in [0.2, 0.25) is 5.02 Å². The molecule has 7 heteroatoms.